The highest BCUT2D eigenvalue weighted by Gasteiger charge is 2.11. The molecule has 0 saturated carbocycles. The number of rotatable bonds is 6. The number of carbonyl (C=O) groups excluding carboxylic acids is 1. The van der Waals surface area contributed by atoms with Gasteiger partial charge in [-0.15, -0.1) is 22.7 Å². The maximum absolute atomic E-state index is 12.1. The van der Waals surface area contributed by atoms with Crippen molar-refractivity contribution in [3.05, 3.63) is 82.4 Å². The first kappa shape index (κ1) is 18.4. The summed E-state index contributed by atoms with van der Waals surface area (Å²) in [7, 11) is 2.02. The van der Waals surface area contributed by atoms with Crippen molar-refractivity contribution < 1.29 is 4.79 Å². The number of anilines is 3. The smallest absolute Gasteiger partial charge is 0.229 e. The van der Waals surface area contributed by atoms with Crippen LogP contribution in [0.5, 0.6) is 0 Å². The van der Waals surface area contributed by atoms with Crippen LogP contribution < -0.4 is 10.2 Å². The van der Waals surface area contributed by atoms with E-state index in [1.807, 2.05) is 67.0 Å². The Hall–Kier alpha value is -2.96. The Balaban J connectivity index is 1.43. The quantitative estimate of drug-likeness (QED) is 0.439. The first-order valence-corrected chi connectivity index (χ1v) is 10.6. The highest BCUT2D eigenvalue weighted by molar-refractivity contribution is 7.14. The van der Waals surface area contributed by atoms with Crippen molar-refractivity contribution in [1.82, 2.24) is 4.98 Å². The van der Waals surface area contributed by atoms with Gasteiger partial charge >= 0.3 is 0 Å². The van der Waals surface area contributed by atoms with E-state index in [2.05, 4.69) is 27.7 Å². The maximum atomic E-state index is 12.1. The van der Waals surface area contributed by atoms with Crippen LogP contribution in [0.1, 0.15) is 4.88 Å². The van der Waals surface area contributed by atoms with E-state index < -0.39 is 0 Å². The van der Waals surface area contributed by atoms with E-state index in [1.165, 1.54) is 0 Å². The van der Waals surface area contributed by atoms with E-state index in [0.29, 0.717) is 6.42 Å². The van der Waals surface area contributed by atoms with E-state index in [9.17, 15) is 4.79 Å². The van der Waals surface area contributed by atoms with E-state index in [1.54, 1.807) is 22.7 Å². The third-order valence-corrected chi connectivity index (χ3v) is 6.10. The lowest BCUT2D eigenvalue weighted by molar-refractivity contribution is -0.115. The molecule has 0 atom stereocenters. The largest absolute Gasteiger partial charge is 0.326 e. The van der Waals surface area contributed by atoms with Crippen LogP contribution in [0.15, 0.2) is 77.5 Å². The number of benzene rings is 2. The molecule has 0 radical (unpaired) electrons. The first-order valence-electron chi connectivity index (χ1n) is 8.86. The highest BCUT2D eigenvalue weighted by atomic mass is 32.1. The molecule has 0 bridgehead atoms. The van der Waals surface area contributed by atoms with Crippen LogP contribution in [0.2, 0.25) is 0 Å². The average Bonchev–Trinajstić information content (AvgIpc) is 3.41. The fourth-order valence-corrected chi connectivity index (χ4v) is 4.34. The summed E-state index contributed by atoms with van der Waals surface area (Å²) in [6, 6.07) is 21.9. The molecule has 0 fully saturated rings. The zero-order valence-corrected chi connectivity index (χ0v) is 17.0. The van der Waals surface area contributed by atoms with Crippen LogP contribution in [-0.2, 0) is 11.2 Å². The Morgan fingerprint density at radius 1 is 1.00 bits per heavy atom. The molecule has 140 valence electrons. The van der Waals surface area contributed by atoms with Crippen LogP contribution in [0.3, 0.4) is 0 Å². The second-order valence-corrected chi connectivity index (χ2v) is 8.16. The lowest BCUT2D eigenvalue weighted by atomic mass is 10.1. The van der Waals surface area contributed by atoms with Crippen LogP contribution >= 0.6 is 22.7 Å². The topological polar surface area (TPSA) is 45.2 Å². The number of nitrogens with zero attached hydrogens (tertiary/aromatic N) is 2. The van der Waals surface area contributed by atoms with Gasteiger partial charge in [0.2, 0.25) is 5.91 Å². The fraction of sp³-hybridized carbons (Fsp3) is 0.0909. The number of hydrogen-bond donors (Lipinski definition) is 1. The number of hydrogen-bond acceptors (Lipinski definition) is 5. The molecular weight excluding hydrogens is 386 g/mol. The van der Waals surface area contributed by atoms with Crippen molar-refractivity contribution >= 4 is 45.1 Å². The summed E-state index contributed by atoms with van der Waals surface area (Å²) in [5.74, 6) is -0.00405. The Morgan fingerprint density at radius 2 is 1.79 bits per heavy atom. The molecule has 6 heteroatoms. The average molecular weight is 406 g/mol. The minimum absolute atomic E-state index is 0.00405. The molecular formula is C22H19N3OS2. The summed E-state index contributed by atoms with van der Waals surface area (Å²) in [6.07, 6.45) is 0.403. The summed E-state index contributed by atoms with van der Waals surface area (Å²) >= 11 is 3.20. The van der Waals surface area contributed by atoms with Crippen LogP contribution in [0.4, 0.5) is 16.5 Å². The molecule has 1 amide bonds. The van der Waals surface area contributed by atoms with Crippen molar-refractivity contribution in [3.8, 4) is 11.3 Å². The molecule has 2 aromatic heterocycles. The van der Waals surface area contributed by atoms with Crippen LogP contribution in [-0.4, -0.2) is 17.9 Å². The summed E-state index contributed by atoms with van der Waals surface area (Å²) in [4.78, 5) is 20.0. The third kappa shape index (κ3) is 4.30. The number of amides is 1. The molecule has 2 aromatic carbocycles. The van der Waals surface area contributed by atoms with Gasteiger partial charge in [0.1, 0.15) is 0 Å². The third-order valence-electron chi connectivity index (χ3n) is 4.30. The maximum Gasteiger partial charge on any atom is 0.229 e. The molecule has 4 nitrogen and oxygen atoms in total. The van der Waals surface area contributed by atoms with Crippen molar-refractivity contribution in [3.63, 3.8) is 0 Å². The zero-order valence-electron chi connectivity index (χ0n) is 15.3. The van der Waals surface area contributed by atoms with Gasteiger partial charge in [0, 0.05) is 34.2 Å². The van der Waals surface area contributed by atoms with E-state index in [4.69, 9.17) is 4.98 Å². The number of para-hydroxylation sites is 1. The Morgan fingerprint density at radius 3 is 2.50 bits per heavy atom. The molecule has 0 saturated heterocycles. The Labute approximate surface area is 172 Å². The predicted octanol–water partition coefficient (Wildman–Crippen LogP) is 5.82. The van der Waals surface area contributed by atoms with Gasteiger partial charge in [-0.05, 0) is 35.7 Å². The molecule has 2 heterocycles. The Kier molecular flexibility index (Phi) is 5.50. The van der Waals surface area contributed by atoms with E-state index >= 15 is 0 Å². The number of thiophene rings is 1. The number of carbonyl (C=O) groups is 1. The van der Waals surface area contributed by atoms with Gasteiger partial charge in [-0.1, -0.05) is 36.4 Å². The van der Waals surface area contributed by atoms with Gasteiger partial charge in [-0.3, -0.25) is 4.79 Å². The van der Waals surface area contributed by atoms with Crippen molar-refractivity contribution in [2.24, 2.45) is 0 Å². The monoisotopic (exact) mass is 405 g/mol. The molecule has 0 aliphatic carbocycles. The van der Waals surface area contributed by atoms with Crippen LogP contribution in [0, 0.1) is 0 Å². The summed E-state index contributed by atoms with van der Waals surface area (Å²) in [5.41, 5.74) is 3.86. The molecule has 4 rings (SSSR count). The minimum Gasteiger partial charge on any atom is -0.326 e. The van der Waals surface area contributed by atoms with Gasteiger partial charge in [0.05, 0.1) is 12.1 Å². The normalized spacial score (nSPS) is 10.6. The summed E-state index contributed by atoms with van der Waals surface area (Å²) in [6.45, 7) is 0. The fourth-order valence-electron chi connectivity index (χ4n) is 2.81. The van der Waals surface area contributed by atoms with Crippen LogP contribution in [0.25, 0.3) is 11.3 Å². The van der Waals surface area contributed by atoms with E-state index in [-0.39, 0.29) is 5.91 Å². The first-order chi connectivity index (χ1) is 13.7. The van der Waals surface area contributed by atoms with Gasteiger partial charge in [-0.2, -0.15) is 0 Å². The van der Waals surface area contributed by atoms with Crippen molar-refractivity contribution in [2.75, 3.05) is 17.3 Å². The summed E-state index contributed by atoms with van der Waals surface area (Å²) < 4.78 is 0. The van der Waals surface area contributed by atoms with Crippen molar-refractivity contribution in [2.45, 2.75) is 6.42 Å². The van der Waals surface area contributed by atoms with Gasteiger partial charge < -0.3 is 10.2 Å². The molecule has 1 N–H and O–H groups in total. The molecule has 28 heavy (non-hydrogen) atoms. The molecule has 0 aliphatic rings. The summed E-state index contributed by atoms with van der Waals surface area (Å²) in [5, 5.41) is 7.92. The van der Waals surface area contributed by atoms with E-state index in [0.717, 1.165) is 32.6 Å². The molecule has 4 aromatic rings. The van der Waals surface area contributed by atoms with Crippen molar-refractivity contribution in [1.29, 1.82) is 0 Å². The predicted molar refractivity (Wildman–Crippen MR) is 119 cm³/mol. The number of nitrogens with one attached hydrogen (secondary N) is 1. The lowest BCUT2D eigenvalue weighted by Gasteiger charge is -2.15. The molecule has 0 aliphatic heterocycles. The van der Waals surface area contributed by atoms with Gasteiger partial charge in [-0.25, -0.2) is 4.98 Å². The second kappa shape index (κ2) is 8.37. The number of aromatic nitrogens is 1. The molecule has 0 unspecified atom stereocenters. The zero-order chi connectivity index (χ0) is 19.3. The minimum atomic E-state index is -0.00405. The second-order valence-electron chi connectivity index (χ2n) is 6.29. The highest BCUT2D eigenvalue weighted by Crippen LogP contribution is 2.31. The van der Waals surface area contributed by atoms with Gasteiger partial charge in [0.25, 0.3) is 0 Å². The number of thiazole rings is 1. The Bertz CT molecular complexity index is 1040. The SMILES string of the molecule is CN(c1ccccc1)c1nc(-c2ccc(NC(=O)Cc3cccs3)cc2)cs1. The molecule has 0 spiro atoms. The van der Waals surface area contributed by atoms with Gasteiger partial charge in [0.15, 0.2) is 5.13 Å². The lowest BCUT2D eigenvalue weighted by Crippen LogP contribution is -2.13. The standard InChI is InChI=1S/C22H19N3OS2/c1-25(18-6-3-2-4-7-18)22-24-20(15-28-22)16-9-11-17(12-10-16)23-21(26)14-19-8-5-13-27-19/h2-13,15H,14H2,1H3,(H,23,26).